The van der Waals surface area contributed by atoms with Crippen molar-refractivity contribution < 1.29 is 4.52 Å². The molecule has 1 N–H and O–H groups in total. The molecule has 0 amide bonds. The number of fused-ring (bicyclic) bond motifs is 1. The van der Waals surface area contributed by atoms with E-state index in [-0.39, 0.29) is 11.3 Å². The van der Waals surface area contributed by atoms with Crippen LogP contribution in [0, 0.1) is 20.8 Å². The van der Waals surface area contributed by atoms with Crippen LogP contribution < -0.4 is 5.56 Å². The quantitative estimate of drug-likeness (QED) is 0.725. The first-order chi connectivity index (χ1) is 9.06. The summed E-state index contributed by atoms with van der Waals surface area (Å²) in [5, 5.41) is 4.40. The summed E-state index contributed by atoms with van der Waals surface area (Å²) < 4.78 is 5.17. The lowest BCUT2D eigenvalue weighted by atomic mass is 10.0. The van der Waals surface area contributed by atoms with Crippen molar-refractivity contribution in [2.75, 3.05) is 0 Å². The fourth-order valence-electron chi connectivity index (χ4n) is 2.23. The molecule has 0 spiro atoms. The molecule has 3 rings (SSSR count). The highest BCUT2D eigenvalue weighted by molar-refractivity contribution is 5.89. The van der Waals surface area contributed by atoms with Gasteiger partial charge >= 0.3 is 0 Å². The second-order valence-corrected chi connectivity index (χ2v) is 4.68. The van der Waals surface area contributed by atoms with Crippen LogP contribution in [0.25, 0.3) is 22.4 Å². The molecule has 0 radical (unpaired) electrons. The third kappa shape index (κ3) is 1.83. The third-order valence-electron chi connectivity index (χ3n) is 3.10. The topological polar surface area (TPSA) is 71.8 Å². The highest BCUT2D eigenvalue weighted by atomic mass is 16.5. The number of hydrogen-bond acceptors (Lipinski definition) is 4. The summed E-state index contributed by atoms with van der Waals surface area (Å²) in [7, 11) is 0. The van der Waals surface area contributed by atoms with Crippen molar-refractivity contribution in [2.45, 2.75) is 20.8 Å². The SMILES string of the molecule is Cc1ccc(-c2noc3nc(C)[nH]c(=O)c23)c(C)c1. The van der Waals surface area contributed by atoms with E-state index in [1.54, 1.807) is 6.92 Å². The fourth-order valence-corrected chi connectivity index (χ4v) is 2.23. The fraction of sp³-hybridized carbons (Fsp3) is 0.214. The number of rotatable bonds is 1. The highest BCUT2D eigenvalue weighted by Crippen LogP contribution is 2.27. The molecule has 0 aliphatic rings. The van der Waals surface area contributed by atoms with Gasteiger partial charge in [0.05, 0.1) is 0 Å². The van der Waals surface area contributed by atoms with E-state index >= 15 is 0 Å². The normalized spacial score (nSPS) is 11.1. The van der Waals surface area contributed by atoms with Gasteiger partial charge in [-0.3, -0.25) is 4.79 Å². The lowest BCUT2D eigenvalue weighted by Crippen LogP contribution is -2.09. The van der Waals surface area contributed by atoms with Gasteiger partial charge in [-0.2, -0.15) is 4.98 Å². The lowest BCUT2D eigenvalue weighted by Gasteiger charge is -2.03. The van der Waals surface area contributed by atoms with Gasteiger partial charge in [0.1, 0.15) is 16.9 Å². The number of aromatic nitrogens is 3. The van der Waals surface area contributed by atoms with E-state index in [9.17, 15) is 4.79 Å². The predicted molar refractivity (Wildman–Crippen MR) is 72.1 cm³/mol. The average molecular weight is 255 g/mol. The molecule has 0 aliphatic carbocycles. The molecule has 3 aromatic rings. The lowest BCUT2D eigenvalue weighted by molar-refractivity contribution is 0.450. The second-order valence-electron chi connectivity index (χ2n) is 4.68. The van der Waals surface area contributed by atoms with Crippen LogP contribution in [0.15, 0.2) is 27.5 Å². The number of benzene rings is 1. The molecule has 2 heterocycles. The predicted octanol–water partition coefficient (Wildman–Crippen LogP) is 2.50. The van der Waals surface area contributed by atoms with Crippen molar-refractivity contribution >= 4 is 11.1 Å². The van der Waals surface area contributed by atoms with E-state index in [4.69, 9.17) is 4.52 Å². The van der Waals surface area contributed by atoms with E-state index in [0.29, 0.717) is 16.9 Å². The minimum Gasteiger partial charge on any atom is -0.335 e. The zero-order valence-electron chi connectivity index (χ0n) is 10.9. The monoisotopic (exact) mass is 255 g/mol. The summed E-state index contributed by atoms with van der Waals surface area (Å²) in [6, 6.07) is 5.98. The van der Waals surface area contributed by atoms with E-state index in [1.807, 2.05) is 32.0 Å². The summed E-state index contributed by atoms with van der Waals surface area (Å²) >= 11 is 0. The van der Waals surface area contributed by atoms with Gasteiger partial charge in [-0.1, -0.05) is 28.9 Å². The van der Waals surface area contributed by atoms with Gasteiger partial charge in [0, 0.05) is 5.56 Å². The molecule has 0 bridgehead atoms. The zero-order valence-corrected chi connectivity index (χ0v) is 10.9. The first-order valence-corrected chi connectivity index (χ1v) is 6.00. The van der Waals surface area contributed by atoms with Gasteiger partial charge in [-0.25, -0.2) is 0 Å². The van der Waals surface area contributed by atoms with Crippen LogP contribution in [0.5, 0.6) is 0 Å². The number of nitrogens with zero attached hydrogens (tertiary/aromatic N) is 2. The number of hydrogen-bond donors (Lipinski definition) is 1. The molecule has 0 aliphatic heterocycles. The van der Waals surface area contributed by atoms with Crippen molar-refractivity contribution in [3.63, 3.8) is 0 Å². The Labute approximate surface area is 109 Å². The molecule has 0 atom stereocenters. The Morgan fingerprint density at radius 1 is 1.21 bits per heavy atom. The van der Waals surface area contributed by atoms with Gasteiger partial charge in [-0.15, -0.1) is 0 Å². The van der Waals surface area contributed by atoms with Crippen molar-refractivity contribution in [3.05, 3.63) is 45.5 Å². The minimum atomic E-state index is -0.223. The smallest absolute Gasteiger partial charge is 0.265 e. The van der Waals surface area contributed by atoms with Crippen LogP contribution in [0.3, 0.4) is 0 Å². The van der Waals surface area contributed by atoms with Crippen molar-refractivity contribution in [1.29, 1.82) is 0 Å². The van der Waals surface area contributed by atoms with Crippen LogP contribution in [0.2, 0.25) is 0 Å². The van der Waals surface area contributed by atoms with Gasteiger partial charge in [0.2, 0.25) is 0 Å². The number of nitrogens with one attached hydrogen (secondary N) is 1. The van der Waals surface area contributed by atoms with Crippen LogP contribution in [-0.4, -0.2) is 15.1 Å². The van der Waals surface area contributed by atoms with Gasteiger partial charge in [0.15, 0.2) is 0 Å². The largest absolute Gasteiger partial charge is 0.335 e. The Kier molecular flexibility index (Phi) is 2.48. The van der Waals surface area contributed by atoms with Crippen LogP contribution in [0.1, 0.15) is 17.0 Å². The third-order valence-corrected chi connectivity index (χ3v) is 3.10. The van der Waals surface area contributed by atoms with Crippen LogP contribution in [-0.2, 0) is 0 Å². The van der Waals surface area contributed by atoms with E-state index in [1.165, 1.54) is 0 Å². The maximum absolute atomic E-state index is 12.0. The Morgan fingerprint density at radius 2 is 2.00 bits per heavy atom. The van der Waals surface area contributed by atoms with E-state index in [2.05, 4.69) is 15.1 Å². The standard InChI is InChI=1S/C14H13N3O2/c1-7-4-5-10(8(2)6-7)12-11-13(18)15-9(3)16-14(11)19-17-12/h4-6H,1-3H3,(H,15,16,18). The Bertz CT molecular complexity index is 830. The first-order valence-electron chi connectivity index (χ1n) is 6.00. The Morgan fingerprint density at radius 3 is 2.74 bits per heavy atom. The van der Waals surface area contributed by atoms with Crippen molar-refractivity contribution in [2.24, 2.45) is 0 Å². The summed E-state index contributed by atoms with van der Waals surface area (Å²) in [6.07, 6.45) is 0. The molecule has 1 aromatic carbocycles. The highest BCUT2D eigenvalue weighted by Gasteiger charge is 2.17. The van der Waals surface area contributed by atoms with E-state index in [0.717, 1.165) is 16.7 Å². The van der Waals surface area contributed by atoms with Gasteiger partial charge < -0.3 is 9.51 Å². The maximum atomic E-state index is 12.0. The molecular weight excluding hydrogens is 242 g/mol. The average Bonchev–Trinajstić information content (AvgIpc) is 2.72. The Balaban J connectivity index is 2.35. The molecule has 19 heavy (non-hydrogen) atoms. The molecule has 0 saturated carbocycles. The number of H-pyrrole nitrogens is 1. The summed E-state index contributed by atoms with van der Waals surface area (Å²) in [5.41, 5.74) is 3.70. The zero-order chi connectivity index (χ0) is 13.6. The molecule has 0 fully saturated rings. The van der Waals surface area contributed by atoms with Gasteiger partial charge in [0.25, 0.3) is 11.3 Å². The first kappa shape index (κ1) is 11.6. The molecular formula is C14H13N3O2. The van der Waals surface area contributed by atoms with Crippen molar-refractivity contribution in [1.82, 2.24) is 15.1 Å². The number of aryl methyl sites for hydroxylation is 3. The molecule has 5 heteroatoms. The summed E-state index contributed by atoms with van der Waals surface area (Å²) in [6.45, 7) is 5.72. The second kappa shape index (κ2) is 4.05. The molecule has 96 valence electrons. The summed E-state index contributed by atoms with van der Waals surface area (Å²) in [5.74, 6) is 0.515. The Hall–Kier alpha value is -2.43. The minimum absolute atomic E-state index is 0.223. The van der Waals surface area contributed by atoms with Crippen LogP contribution >= 0.6 is 0 Å². The van der Waals surface area contributed by atoms with Crippen molar-refractivity contribution in [3.8, 4) is 11.3 Å². The van der Waals surface area contributed by atoms with E-state index < -0.39 is 0 Å². The number of aromatic amines is 1. The summed E-state index contributed by atoms with van der Waals surface area (Å²) in [4.78, 5) is 18.9. The molecule has 5 nitrogen and oxygen atoms in total. The maximum Gasteiger partial charge on any atom is 0.265 e. The molecule has 2 aromatic heterocycles. The molecule has 0 saturated heterocycles. The molecule has 0 unspecified atom stereocenters. The van der Waals surface area contributed by atoms with Crippen LogP contribution in [0.4, 0.5) is 0 Å². The van der Waals surface area contributed by atoms with Gasteiger partial charge in [-0.05, 0) is 26.3 Å².